The molecule has 0 unspecified atom stereocenters. The van der Waals surface area contributed by atoms with Gasteiger partial charge in [-0.05, 0) is 20.8 Å². The van der Waals surface area contributed by atoms with Gasteiger partial charge in [0, 0.05) is 5.56 Å². The van der Waals surface area contributed by atoms with Gasteiger partial charge in [0.1, 0.15) is 17.6 Å². The fourth-order valence-corrected chi connectivity index (χ4v) is 1.95. The average molecular weight is 317 g/mol. The lowest BCUT2D eigenvalue weighted by molar-refractivity contribution is 0.0588. The summed E-state index contributed by atoms with van der Waals surface area (Å²) in [7, 11) is 1.28. The van der Waals surface area contributed by atoms with Gasteiger partial charge in [-0.3, -0.25) is 0 Å². The highest BCUT2D eigenvalue weighted by Crippen LogP contribution is 2.23. The van der Waals surface area contributed by atoms with Gasteiger partial charge in [0.05, 0.1) is 7.11 Å². The number of amides is 1. The van der Waals surface area contributed by atoms with Crippen molar-refractivity contribution in [1.29, 1.82) is 0 Å². The van der Waals surface area contributed by atoms with Crippen LogP contribution in [0, 0.1) is 0 Å². The van der Waals surface area contributed by atoms with E-state index >= 15 is 0 Å². The van der Waals surface area contributed by atoms with E-state index < -0.39 is 17.7 Å². The maximum absolute atomic E-state index is 12.0. The first-order valence-corrected chi connectivity index (χ1v) is 7.03. The second-order valence-corrected chi connectivity index (χ2v) is 5.78. The van der Waals surface area contributed by atoms with Crippen molar-refractivity contribution in [3.63, 3.8) is 0 Å². The number of ether oxygens (including phenoxy) is 2. The summed E-state index contributed by atoms with van der Waals surface area (Å²) in [6, 6.07) is 9.10. The van der Waals surface area contributed by atoms with Gasteiger partial charge in [0.15, 0.2) is 5.69 Å². The molecule has 0 aliphatic carbocycles. The molecule has 122 valence electrons. The largest absolute Gasteiger partial charge is 0.464 e. The monoisotopic (exact) mass is 317 g/mol. The Labute approximate surface area is 134 Å². The van der Waals surface area contributed by atoms with Crippen LogP contribution >= 0.6 is 0 Å². The van der Waals surface area contributed by atoms with Gasteiger partial charge in [-0.2, -0.15) is 0 Å². The smallest absolute Gasteiger partial charge is 0.427 e. The Morgan fingerprint density at radius 3 is 2.39 bits per heavy atom. The Hall–Kier alpha value is -2.83. The molecule has 7 heteroatoms. The van der Waals surface area contributed by atoms with Crippen molar-refractivity contribution < 1.29 is 19.1 Å². The molecule has 2 aromatic rings. The Balaban J connectivity index is 2.39. The van der Waals surface area contributed by atoms with Crippen LogP contribution in [0.25, 0.3) is 11.3 Å². The Morgan fingerprint density at radius 2 is 1.83 bits per heavy atom. The highest BCUT2D eigenvalue weighted by Gasteiger charge is 2.23. The molecule has 23 heavy (non-hydrogen) atoms. The van der Waals surface area contributed by atoms with Crippen LogP contribution in [0.15, 0.2) is 36.7 Å². The lowest BCUT2D eigenvalue weighted by atomic mass is 10.1. The highest BCUT2D eigenvalue weighted by atomic mass is 16.6. The molecule has 0 spiro atoms. The topological polar surface area (TPSA) is 82.5 Å². The van der Waals surface area contributed by atoms with E-state index in [1.54, 1.807) is 32.9 Å². The van der Waals surface area contributed by atoms with E-state index in [4.69, 9.17) is 9.47 Å². The standard InChI is InChI=1S/C16H19N3O4/c1-16(2,3)23-15(21)18-19-10-17-12(14(20)22-4)13(19)11-8-6-5-7-9-11/h5-10H,1-4H3,(H,18,21). The molecule has 7 nitrogen and oxygen atoms in total. The Morgan fingerprint density at radius 1 is 1.17 bits per heavy atom. The first-order valence-electron chi connectivity index (χ1n) is 7.03. The zero-order valence-corrected chi connectivity index (χ0v) is 13.5. The number of carbonyl (C=O) groups excluding carboxylic acids is 2. The summed E-state index contributed by atoms with van der Waals surface area (Å²) in [5.74, 6) is -0.589. The van der Waals surface area contributed by atoms with E-state index in [-0.39, 0.29) is 5.69 Å². The van der Waals surface area contributed by atoms with Gasteiger partial charge in [0.2, 0.25) is 0 Å². The molecule has 1 amide bonds. The van der Waals surface area contributed by atoms with E-state index in [1.807, 2.05) is 18.2 Å². The van der Waals surface area contributed by atoms with Crippen LogP contribution in [0.5, 0.6) is 0 Å². The molecule has 1 aromatic heterocycles. The predicted octanol–water partition coefficient (Wildman–Crippen LogP) is 2.82. The minimum Gasteiger partial charge on any atom is -0.464 e. The molecule has 0 radical (unpaired) electrons. The lowest BCUT2D eigenvalue weighted by Gasteiger charge is -2.20. The Kier molecular flexibility index (Phi) is 4.68. The summed E-state index contributed by atoms with van der Waals surface area (Å²) >= 11 is 0. The molecule has 1 aromatic carbocycles. The number of imidazole rings is 1. The number of nitrogens with zero attached hydrogens (tertiary/aromatic N) is 2. The molecule has 1 heterocycles. The van der Waals surface area contributed by atoms with Crippen molar-refractivity contribution in [1.82, 2.24) is 9.66 Å². The number of aromatic nitrogens is 2. The van der Waals surface area contributed by atoms with E-state index in [9.17, 15) is 9.59 Å². The molecule has 0 atom stereocenters. The van der Waals surface area contributed by atoms with Crippen LogP contribution in [-0.2, 0) is 9.47 Å². The van der Waals surface area contributed by atoms with E-state index in [0.717, 1.165) is 0 Å². The van der Waals surface area contributed by atoms with Gasteiger partial charge in [-0.25, -0.2) is 24.7 Å². The molecule has 0 fully saturated rings. The lowest BCUT2D eigenvalue weighted by Crippen LogP contribution is -2.31. The molecule has 0 aliphatic rings. The van der Waals surface area contributed by atoms with Crippen LogP contribution < -0.4 is 5.43 Å². The molecule has 0 bridgehead atoms. The van der Waals surface area contributed by atoms with Gasteiger partial charge in [-0.15, -0.1) is 0 Å². The molecule has 0 aliphatic heterocycles. The van der Waals surface area contributed by atoms with Crippen molar-refractivity contribution in [2.75, 3.05) is 12.5 Å². The molecule has 0 saturated carbocycles. The zero-order valence-electron chi connectivity index (χ0n) is 13.5. The third-order valence-corrected chi connectivity index (χ3v) is 2.80. The van der Waals surface area contributed by atoms with Crippen molar-refractivity contribution in [2.24, 2.45) is 0 Å². The maximum atomic E-state index is 12.0. The first kappa shape index (κ1) is 16.5. The summed E-state index contributed by atoms with van der Waals surface area (Å²) in [6.07, 6.45) is 0.682. The number of carbonyl (C=O) groups is 2. The summed E-state index contributed by atoms with van der Waals surface area (Å²) in [5, 5.41) is 0. The molecule has 1 N–H and O–H groups in total. The van der Waals surface area contributed by atoms with Gasteiger partial charge in [0.25, 0.3) is 0 Å². The number of methoxy groups -OCH3 is 1. The van der Waals surface area contributed by atoms with Crippen LogP contribution in [0.3, 0.4) is 0 Å². The van der Waals surface area contributed by atoms with Gasteiger partial charge in [-0.1, -0.05) is 30.3 Å². The number of esters is 1. The normalized spacial score (nSPS) is 11.0. The number of hydrogen-bond acceptors (Lipinski definition) is 5. The van der Waals surface area contributed by atoms with Gasteiger partial charge >= 0.3 is 12.1 Å². The second kappa shape index (κ2) is 6.51. The van der Waals surface area contributed by atoms with Crippen LogP contribution in [0.2, 0.25) is 0 Å². The van der Waals surface area contributed by atoms with Crippen molar-refractivity contribution in [2.45, 2.75) is 26.4 Å². The number of nitrogens with one attached hydrogen (secondary N) is 1. The van der Waals surface area contributed by atoms with Crippen molar-refractivity contribution >= 4 is 12.1 Å². The molecular formula is C16H19N3O4. The number of hydrogen-bond donors (Lipinski definition) is 1. The van der Waals surface area contributed by atoms with Gasteiger partial charge < -0.3 is 9.47 Å². The van der Waals surface area contributed by atoms with Crippen LogP contribution in [-0.4, -0.2) is 34.4 Å². The number of benzene rings is 1. The van der Waals surface area contributed by atoms with Crippen LogP contribution in [0.4, 0.5) is 4.79 Å². The van der Waals surface area contributed by atoms with Crippen LogP contribution in [0.1, 0.15) is 31.3 Å². The highest BCUT2D eigenvalue weighted by molar-refractivity contribution is 5.94. The fourth-order valence-electron chi connectivity index (χ4n) is 1.95. The predicted molar refractivity (Wildman–Crippen MR) is 84.6 cm³/mol. The summed E-state index contributed by atoms with van der Waals surface area (Å²) < 4.78 is 11.3. The fraction of sp³-hybridized carbons (Fsp3) is 0.312. The summed E-state index contributed by atoms with van der Waals surface area (Å²) in [5.41, 5.74) is 3.15. The van der Waals surface area contributed by atoms with E-state index in [1.165, 1.54) is 18.1 Å². The average Bonchev–Trinajstić information content (AvgIpc) is 2.88. The van der Waals surface area contributed by atoms with Crippen molar-refractivity contribution in [3.8, 4) is 11.3 Å². The van der Waals surface area contributed by atoms with E-state index in [0.29, 0.717) is 11.3 Å². The molecule has 2 rings (SSSR count). The summed E-state index contributed by atoms with van der Waals surface area (Å²) in [6.45, 7) is 5.29. The second-order valence-electron chi connectivity index (χ2n) is 5.78. The minimum atomic E-state index is -0.650. The van der Waals surface area contributed by atoms with E-state index in [2.05, 4.69) is 10.4 Å². The minimum absolute atomic E-state index is 0.106. The molecule has 0 saturated heterocycles. The Bertz CT molecular complexity index is 702. The SMILES string of the molecule is COC(=O)c1ncn(NC(=O)OC(C)(C)C)c1-c1ccccc1. The third kappa shape index (κ3) is 4.09. The first-order chi connectivity index (χ1) is 10.8. The zero-order chi connectivity index (χ0) is 17.0. The number of rotatable bonds is 3. The maximum Gasteiger partial charge on any atom is 0.427 e. The quantitative estimate of drug-likeness (QED) is 0.880. The molecular weight excluding hydrogens is 298 g/mol. The van der Waals surface area contributed by atoms with Crippen molar-refractivity contribution in [3.05, 3.63) is 42.4 Å². The summed E-state index contributed by atoms with van der Waals surface area (Å²) in [4.78, 5) is 27.9. The third-order valence-electron chi connectivity index (χ3n) is 2.80.